The third-order valence-corrected chi connectivity index (χ3v) is 3.75. The van der Waals surface area contributed by atoms with Crippen LogP contribution < -0.4 is 11.1 Å². The summed E-state index contributed by atoms with van der Waals surface area (Å²) < 4.78 is 26.2. The van der Waals surface area contributed by atoms with Crippen LogP contribution in [0.4, 0.5) is 14.5 Å². The number of halogens is 2. The highest BCUT2D eigenvalue weighted by Crippen LogP contribution is 2.22. The van der Waals surface area contributed by atoms with E-state index < -0.39 is 17.5 Å². The molecular formula is C15H12F2N2O2S. The Labute approximate surface area is 129 Å². The Kier molecular flexibility index (Phi) is 5.11. The van der Waals surface area contributed by atoms with Crippen LogP contribution in [0.5, 0.6) is 0 Å². The zero-order valence-corrected chi connectivity index (χ0v) is 12.1. The monoisotopic (exact) mass is 322 g/mol. The highest BCUT2D eigenvalue weighted by atomic mass is 32.2. The number of thioether (sulfide) groups is 1. The number of carbonyl (C=O) groups is 2. The van der Waals surface area contributed by atoms with E-state index in [1.807, 2.05) is 0 Å². The summed E-state index contributed by atoms with van der Waals surface area (Å²) >= 11 is 0.963. The molecule has 2 aromatic rings. The van der Waals surface area contributed by atoms with Crippen LogP contribution >= 0.6 is 11.8 Å². The molecule has 0 aliphatic carbocycles. The number of amides is 2. The lowest BCUT2D eigenvalue weighted by molar-refractivity contribution is -0.113. The summed E-state index contributed by atoms with van der Waals surface area (Å²) in [7, 11) is 0. The van der Waals surface area contributed by atoms with E-state index in [1.165, 1.54) is 18.2 Å². The zero-order valence-electron chi connectivity index (χ0n) is 11.3. The first-order chi connectivity index (χ1) is 10.5. The van der Waals surface area contributed by atoms with Crippen LogP contribution in [0.3, 0.4) is 0 Å². The summed E-state index contributed by atoms with van der Waals surface area (Å²) in [6.45, 7) is 0. The third-order valence-electron chi connectivity index (χ3n) is 2.71. The molecule has 22 heavy (non-hydrogen) atoms. The summed E-state index contributed by atoms with van der Waals surface area (Å²) in [6.07, 6.45) is 0. The van der Waals surface area contributed by atoms with E-state index in [0.717, 1.165) is 23.9 Å². The van der Waals surface area contributed by atoms with Crippen molar-refractivity contribution in [3.63, 3.8) is 0 Å². The van der Waals surface area contributed by atoms with Crippen molar-refractivity contribution >= 4 is 29.3 Å². The Hall–Kier alpha value is -2.41. The number of primary amides is 1. The average Bonchev–Trinajstić information content (AvgIpc) is 2.47. The lowest BCUT2D eigenvalue weighted by atomic mass is 10.2. The van der Waals surface area contributed by atoms with Gasteiger partial charge in [-0.15, -0.1) is 11.8 Å². The van der Waals surface area contributed by atoms with Crippen molar-refractivity contribution in [1.29, 1.82) is 0 Å². The first kappa shape index (κ1) is 16.0. The second kappa shape index (κ2) is 7.04. The summed E-state index contributed by atoms with van der Waals surface area (Å²) in [5, 5.41) is 2.60. The van der Waals surface area contributed by atoms with Crippen molar-refractivity contribution in [3.05, 3.63) is 59.7 Å². The maximum atomic E-state index is 13.4. The number of nitrogens with one attached hydrogen (secondary N) is 1. The molecule has 114 valence electrons. The lowest BCUT2D eigenvalue weighted by Gasteiger charge is -2.06. The van der Waals surface area contributed by atoms with E-state index in [-0.39, 0.29) is 16.6 Å². The predicted octanol–water partition coefficient (Wildman–Crippen LogP) is 2.79. The zero-order chi connectivity index (χ0) is 16.1. The summed E-state index contributed by atoms with van der Waals surface area (Å²) in [5.41, 5.74) is 5.94. The Morgan fingerprint density at radius 1 is 1.09 bits per heavy atom. The minimum atomic E-state index is -0.705. The standard InChI is InChI=1S/C15H12F2N2O2S/c16-10-3-6-13(12(17)7-10)22-8-14(20)19-11-4-1-9(2-5-11)15(18)21/h1-7H,8H2,(H2,18,21)(H,19,20). The normalized spacial score (nSPS) is 10.3. The minimum absolute atomic E-state index is 0.0277. The van der Waals surface area contributed by atoms with Gasteiger partial charge in [0.25, 0.3) is 0 Å². The topological polar surface area (TPSA) is 72.2 Å². The molecule has 7 heteroatoms. The minimum Gasteiger partial charge on any atom is -0.366 e. The van der Waals surface area contributed by atoms with Gasteiger partial charge < -0.3 is 11.1 Å². The quantitative estimate of drug-likeness (QED) is 0.832. The first-order valence-electron chi connectivity index (χ1n) is 6.23. The highest BCUT2D eigenvalue weighted by Gasteiger charge is 2.08. The molecule has 0 unspecified atom stereocenters. The molecule has 0 saturated heterocycles. The summed E-state index contributed by atoms with van der Waals surface area (Å²) in [6, 6.07) is 9.25. The maximum Gasteiger partial charge on any atom is 0.248 e. The fourth-order valence-electron chi connectivity index (χ4n) is 1.65. The maximum absolute atomic E-state index is 13.4. The number of hydrogen-bond acceptors (Lipinski definition) is 3. The van der Waals surface area contributed by atoms with Crippen molar-refractivity contribution in [2.75, 3.05) is 11.1 Å². The number of hydrogen-bond donors (Lipinski definition) is 2. The molecular weight excluding hydrogens is 310 g/mol. The van der Waals surface area contributed by atoms with Gasteiger partial charge in [-0.1, -0.05) is 0 Å². The van der Waals surface area contributed by atoms with Crippen molar-refractivity contribution < 1.29 is 18.4 Å². The lowest BCUT2D eigenvalue weighted by Crippen LogP contribution is -2.15. The molecule has 0 atom stereocenters. The molecule has 0 heterocycles. The Bertz CT molecular complexity index is 705. The molecule has 4 nitrogen and oxygen atoms in total. The van der Waals surface area contributed by atoms with Gasteiger partial charge in [-0.25, -0.2) is 8.78 Å². The van der Waals surface area contributed by atoms with Crippen LogP contribution in [0.1, 0.15) is 10.4 Å². The van der Waals surface area contributed by atoms with Crippen LogP contribution in [0.15, 0.2) is 47.4 Å². The van der Waals surface area contributed by atoms with E-state index in [1.54, 1.807) is 12.1 Å². The van der Waals surface area contributed by atoms with Crippen LogP contribution in [0, 0.1) is 11.6 Å². The van der Waals surface area contributed by atoms with Crippen molar-refractivity contribution in [2.24, 2.45) is 5.73 Å². The Balaban J connectivity index is 1.91. The highest BCUT2D eigenvalue weighted by molar-refractivity contribution is 8.00. The molecule has 0 aliphatic heterocycles. The van der Waals surface area contributed by atoms with Crippen molar-refractivity contribution in [1.82, 2.24) is 0 Å². The Morgan fingerprint density at radius 3 is 2.36 bits per heavy atom. The van der Waals surface area contributed by atoms with Gasteiger partial charge in [0, 0.05) is 22.2 Å². The van der Waals surface area contributed by atoms with Crippen LogP contribution in [0.25, 0.3) is 0 Å². The second-order valence-corrected chi connectivity index (χ2v) is 5.37. The first-order valence-corrected chi connectivity index (χ1v) is 7.22. The van der Waals surface area contributed by atoms with Gasteiger partial charge in [-0.3, -0.25) is 9.59 Å². The van der Waals surface area contributed by atoms with Crippen LogP contribution in [0.2, 0.25) is 0 Å². The van der Waals surface area contributed by atoms with Gasteiger partial charge >= 0.3 is 0 Å². The van der Waals surface area contributed by atoms with Gasteiger partial charge in [0.15, 0.2) is 0 Å². The molecule has 0 aromatic heterocycles. The third kappa shape index (κ3) is 4.29. The largest absolute Gasteiger partial charge is 0.366 e. The van der Waals surface area contributed by atoms with Gasteiger partial charge in [-0.2, -0.15) is 0 Å². The van der Waals surface area contributed by atoms with E-state index >= 15 is 0 Å². The molecule has 3 N–H and O–H groups in total. The average molecular weight is 322 g/mol. The van der Waals surface area contributed by atoms with Gasteiger partial charge in [0.1, 0.15) is 11.6 Å². The number of rotatable bonds is 5. The molecule has 0 fully saturated rings. The molecule has 0 radical (unpaired) electrons. The van der Waals surface area contributed by atoms with Gasteiger partial charge in [-0.05, 0) is 36.4 Å². The van der Waals surface area contributed by atoms with E-state index in [4.69, 9.17) is 5.73 Å². The molecule has 0 saturated carbocycles. The number of nitrogens with two attached hydrogens (primary N) is 1. The fraction of sp³-hybridized carbons (Fsp3) is 0.0667. The molecule has 2 aromatic carbocycles. The SMILES string of the molecule is NC(=O)c1ccc(NC(=O)CSc2ccc(F)cc2F)cc1. The molecule has 0 spiro atoms. The van der Waals surface area contributed by atoms with Crippen molar-refractivity contribution in [2.45, 2.75) is 4.90 Å². The molecule has 2 rings (SSSR count). The van der Waals surface area contributed by atoms with Crippen LogP contribution in [-0.2, 0) is 4.79 Å². The fourth-order valence-corrected chi connectivity index (χ4v) is 2.37. The van der Waals surface area contributed by atoms with E-state index in [9.17, 15) is 18.4 Å². The summed E-state index contributed by atoms with van der Waals surface area (Å²) in [4.78, 5) is 22.9. The van der Waals surface area contributed by atoms with Gasteiger partial charge in [0.2, 0.25) is 11.8 Å². The van der Waals surface area contributed by atoms with Crippen LogP contribution in [-0.4, -0.2) is 17.6 Å². The Morgan fingerprint density at radius 2 is 1.77 bits per heavy atom. The van der Waals surface area contributed by atoms with E-state index in [0.29, 0.717) is 11.3 Å². The number of carbonyl (C=O) groups excluding carboxylic acids is 2. The smallest absolute Gasteiger partial charge is 0.248 e. The molecule has 0 bridgehead atoms. The van der Waals surface area contributed by atoms with Crippen molar-refractivity contribution in [3.8, 4) is 0 Å². The number of anilines is 1. The molecule has 2 amide bonds. The molecule has 0 aliphatic rings. The number of benzene rings is 2. The van der Waals surface area contributed by atoms with Gasteiger partial charge in [0.05, 0.1) is 5.75 Å². The summed E-state index contributed by atoms with van der Waals surface area (Å²) in [5.74, 6) is -2.30. The predicted molar refractivity (Wildman–Crippen MR) is 80.7 cm³/mol. The van der Waals surface area contributed by atoms with E-state index in [2.05, 4.69) is 5.32 Å². The second-order valence-electron chi connectivity index (χ2n) is 4.35.